The average Bonchev–Trinajstić information content (AvgIpc) is 3.19. The van der Waals surface area contributed by atoms with Crippen LogP contribution >= 0.6 is 11.3 Å². The number of nitrogens with two attached hydrogens (primary N) is 1. The number of amides is 1. The van der Waals surface area contributed by atoms with E-state index >= 15 is 0 Å². The van der Waals surface area contributed by atoms with Crippen molar-refractivity contribution in [3.63, 3.8) is 0 Å². The van der Waals surface area contributed by atoms with Crippen LogP contribution in [0.25, 0.3) is 0 Å². The molecule has 1 amide bonds. The van der Waals surface area contributed by atoms with E-state index in [1.807, 2.05) is 11.4 Å². The van der Waals surface area contributed by atoms with Crippen molar-refractivity contribution in [1.82, 2.24) is 9.97 Å². The highest BCUT2D eigenvalue weighted by atomic mass is 32.1. The number of rotatable bonds is 4. The maximum Gasteiger partial charge on any atom is 0.275 e. The van der Waals surface area contributed by atoms with Crippen LogP contribution in [0.3, 0.4) is 0 Å². The highest BCUT2D eigenvalue weighted by Crippen LogP contribution is 2.34. The smallest absolute Gasteiger partial charge is 0.275 e. The molecule has 144 valence electrons. The van der Waals surface area contributed by atoms with Crippen LogP contribution in [-0.4, -0.2) is 35.0 Å². The van der Waals surface area contributed by atoms with E-state index in [1.54, 1.807) is 23.7 Å². The third-order valence-electron chi connectivity index (χ3n) is 5.55. The molecule has 3 N–H and O–H groups in total. The zero-order valence-corrected chi connectivity index (χ0v) is 16.4. The normalized spacial score (nSPS) is 21.2. The molecule has 2 aliphatic rings. The molecule has 7 heteroatoms. The lowest BCUT2D eigenvalue weighted by atomic mass is 9.90. The molecule has 0 aromatic carbocycles. The largest absolute Gasteiger partial charge is 0.368 e. The first-order valence-electron chi connectivity index (χ1n) is 9.92. The van der Waals surface area contributed by atoms with Crippen molar-refractivity contribution < 1.29 is 4.79 Å². The van der Waals surface area contributed by atoms with Gasteiger partial charge in [0.15, 0.2) is 0 Å². The van der Waals surface area contributed by atoms with Crippen molar-refractivity contribution in [3.8, 4) is 0 Å². The van der Waals surface area contributed by atoms with E-state index in [0.717, 1.165) is 42.3 Å². The second kappa shape index (κ2) is 8.35. The van der Waals surface area contributed by atoms with Crippen LogP contribution in [0.1, 0.15) is 66.4 Å². The molecule has 1 saturated heterocycles. The molecule has 1 saturated carbocycles. The lowest BCUT2D eigenvalue weighted by Gasteiger charge is -2.33. The Hall–Kier alpha value is -1.99. The maximum atomic E-state index is 12.8. The minimum Gasteiger partial charge on any atom is -0.368 e. The molecule has 1 aliphatic heterocycles. The molecule has 0 radical (unpaired) electrons. The lowest BCUT2D eigenvalue weighted by Crippen LogP contribution is -2.43. The quantitative estimate of drug-likeness (QED) is 0.837. The molecule has 3 heterocycles. The van der Waals surface area contributed by atoms with Gasteiger partial charge in [0.1, 0.15) is 5.69 Å². The van der Waals surface area contributed by atoms with Crippen LogP contribution in [0.4, 0.5) is 11.4 Å². The Labute approximate surface area is 164 Å². The van der Waals surface area contributed by atoms with Crippen LogP contribution in [-0.2, 0) is 0 Å². The number of carbonyl (C=O) groups is 1. The third kappa shape index (κ3) is 4.30. The van der Waals surface area contributed by atoms with E-state index in [1.165, 1.54) is 32.1 Å². The fourth-order valence-corrected chi connectivity index (χ4v) is 5.07. The fraction of sp³-hybridized carbons (Fsp3) is 0.550. The number of anilines is 2. The molecule has 4 rings (SSSR count). The Morgan fingerprint density at radius 2 is 2.07 bits per heavy atom. The molecular weight excluding hydrogens is 358 g/mol. The first-order valence-corrected chi connectivity index (χ1v) is 10.8. The van der Waals surface area contributed by atoms with Crippen molar-refractivity contribution >= 4 is 28.6 Å². The monoisotopic (exact) mass is 385 g/mol. The Morgan fingerprint density at radius 3 is 2.89 bits per heavy atom. The fourth-order valence-electron chi connectivity index (χ4n) is 4.10. The Bertz CT molecular complexity index is 786. The van der Waals surface area contributed by atoms with Gasteiger partial charge in [-0.1, -0.05) is 19.3 Å². The number of piperidine rings is 1. The zero-order chi connectivity index (χ0) is 18.6. The van der Waals surface area contributed by atoms with Gasteiger partial charge in [0.2, 0.25) is 0 Å². The summed E-state index contributed by atoms with van der Waals surface area (Å²) in [6.07, 6.45) is 11.8. The number of thiazole rings is 1. The predicted molar refractivity (Wildman–Crippen MR) is 110 cm³/mol. The summed E-state index contributed by atoms with van der Waals surface area (Å²) in [4.78, 5) is 23.8. The number of nitrogens with one attached hydrogen (secondary N) is 1. The van der Waals surface area contributed by atoms with Gasteiger partial charge in [-0.3, -0.25) is 9.78 Å². The van der Waals surface area contributed by atoms with Gasteiger partial charge in [0.25, 0.3) is 5.91 Å². The SMILES string of the molecule is NC1CCCN(c2ccncc2NC(=O)c2csc(C3CCCCC3)n2)C1. The summed E-state index contributed by atoms with van der Waals surface area (Å²) >= 11 is 1.61. The van der Waals surface area contributed by atoms with Gasteiger partial charge in [-0.2, -0.15) is 0 Å². The number of hydrogen-bond donors (Lipinski definition) is 2. The number of hydrogen-bond acceptors (Lipinski definition) is 6. The van der Waals surface area contributed by atoms with Gasteiger partial charge < -0.3 is 16.0 Å². The summed E-state index contributed by atoms with van der Waals surface area (Å²) in [7, 11) is 0. The molecule has 1 aliphatic carbocycles. The van der Waals surface area contributed by atoms with E-state index in [9.17, 15) is 4.79 Å². The number of carbonyl (C=O) groups excluding carboxylic acids is 1. The molecule has 0 spiro atoms. The molecule has 27 heavy (non-hydrogen) atoms. The molecule has 1 atom stereocenters. The van der Waals surface area contributed by atoms with Gasteiger partial charge in [0, 0.05) is 36.6 Å². The van der Waals surface area contributed by atoms with Crippen LogP contribution in [0.15, 0.2) is 23.8 Å². The summed E-state index contributed by atoms with van der Waals surface area (Å²) < 4.78 is 0. The number of aromatic nitrogens is 2. The van der Waals surface area contributed by atoms with Crippen LogP contribution in [0, 0.1) is 0 Å². The van der Waals surface area contributed by atoms with E-state index in [2.05, 4.69) is 20.2 Å². The summed E-state index contributed by atoms with van der Waals surface area (Å²) in [5.41, 5.74) is 8.34. The lowest BCUT2D eigenvalue weighted by molar-refractivity contribution is 0.102. The minimum absolute atomic E-state index is 0.163. The van der Waals surface area contributed by atoms with E-state index in [4.69, 9.17) is 5.73 Å². The first kappa shape index (κ1) is 18.4. The second-order valence-electron chi connectivity index (χ2n) is 7.60. The molecule has 2 fully saturated rings. The molecule has 2 aromatic rings. The summed E-state index contributed by atoms with van der Waals surface area (Å²) in [5, 5.41) is 6.00. The first-order chi connectivity index (χ1) is 13.2. The highest BCUT2D eigenvalue weighted by Gasteiger charge is 2.23. The standard InChI is InChI=1S/C20H27N5OS/c21-15-7-4-10-25(12-15)18-8-9-22-11-16(18)23-19(26)17-13-27-20(24-17)14-5-2-1-3-6-14/h8-9,11,13-15H,1-7,10,12,21H2,(H,23,26). The van der Waals surface area contributed by atoms with Gasteiger partial charge in [-0.05, 0) is 31.7 Å². The van der Waals surface area contributed by atoms with Gasteiger partial charge in [0.05, 0.1) is 22.6 Å². The minimum atomic E-state index is -0.163. The van der Waals surface area contributed by atoms with Crippen LogP contribution < -0.4 is 16.0 Å². The zero-order valence-electron chi connectivity index (χ0n) is 15.6. The average molecular weight is 386 g/mol. The number of nitrogens with zero attached hydrogens (tertiary/aromatic N) is 3. The van der Waals surface area contributed by atoms with Crippen LogP contribution in [0.2, 0.25) is 0 Å². The highest BCUT2D eigenvalue weighted by molar-refractivity contribution is 7.09. The number of pyridine rings is 1. The Balaban J connectivity index is 1.48. The molecule has 1 unspecified atom stereocenters. The molecule has 0 bridgehead atoms. The Kier molecular flexibility index (Phi) is 5.69. The molecule has 2 aromatic heterocycles. The van der Waals surface area contributed by atoms with E-state index in [-0.39, 0.29) is 11.9 Å². The van der Waals surface area contributed by atoms with Crippen LogP contribution in [0.5, 0.6) is 0 Å². The summed E-state index contributed by atoms with van der Waals surface area (Å²) in [5.74, 6) is 0.359. The maximum absolute atomic E-state index is 12.8. The van der Waals surface area contributed by atoms with Gasteiger partial charge >= 0.3 is 0 Å². The Morgan fingerprint density at radius 1 is 1.22 bits per heavy atom. The molecular formula is C20H27N5OS. The van der Waals surface area contributed by atoms with Crippen molar-refractivity contribution in [2.45, 2.75) is 56.9 Å². The van der Waals surface area contributed by atoms with Crippen molar-refractivity contribution in [3.05, 3.63) is 34.5 Å². The third-order valence-corrected chi connectivity index (χ3v) is 6.56. The van der Waals surface area contributed by atoms with Crippen molar-refractivity contribution in [2.75, 3.05) is 23.3 Å². The van der Waals surface area contributed by atoms with Crippen molar-refractivity contribution in [2.24, 2.45) is 5.73 Å². The van der Waals surface area contributed by atoms with E-state index in [0.29, 0.717) is 11.6 Å². The predicted octanol–water partition coefficient (Wildman–Crippen LogP) is 3.77. The second-order valence-corrected chi connectivity index (χ2v) is 8.49. The molecule has 6 nitrogen and oxygen atoms in total. The summed E-state index contributed by atoms with van der Waals surface area (Å²) in [6.45, 7) is 1.75. The summed E-state index contributed by atoms with van der Waals surface area (Å²) in [6, 6.07) is 2.12. The topological polar surface area (TPSA) is 84.1 Å². The van der Waals surface area contributed by atoms with E-state index < -0.39 is 0 Å². The van der Waals surface area contributed by atoms with Gasteiger partial charge in [-0.25, -0.2) is 4.98 Å². The van der Waals surface area contributed by atoms with Gasteiger partial charge in [-0.15, -0.1) is 11.3 Å². The van der Waals surface area contributed by atoms with Crippen molar-refractivity contribution in [1.29, 1.82) is 0 Å².